The van der Waals surface area contributed by atoms with Gasteiger partial charge in [-0.3, -0.25) is 0 Å². The van der Waals surface area contributed by atoms with E-state index in [1.165, 1.54) is 37.7 Å². The second kappa shape index (κ2) is 9.42. The maximum atomic E-state index is 5.83. The first kappa shape index (κ1) is 18.5. The summed E-state index contributed by atoms with van der Waals surface area (Å²) in [4.78, 5) is 0. The number of ether oxygens (including phenoxy) is 1. The van der Waals surface area contributed by atoms with Gasteiger partial charge in [0.25, 0.3) is 0 Å². The third-order valence-electron chi connectivity index (χ3n) is 4.79. The first-order chi connectivity index (χ1) is 11.2. The van der Waals surface area contributed by atoms with Gasteiger partial charge in [0, 0.05) is 27.4 Å². The van der Waals surface area contributed by atoms with Crippen LogP contribution in [0.5, 0.6) is 5.75 Å². The summed E-state index contributed by atoms with van der Waals surface area (Å²) in [5.41, 5.74) is 1.46. The Morgan fingerprint density at radius 2 is 1.52 bits per heavy atom. The Bertz CT molecular complexity index is 431. The Hall–Kier alpha value is -0.883. The maximum absolute atomic E-state index is 5.83. The lowest BCUT2D eigenvalue weighted by Gasteiger charge is -2.24. The van der Waals surface area contributed by atoms with Gasteiger partial charge in [0.1, 0.15) is 5.75 Å². The molecule has 0 bridgehead atoms. The molecule has 1 fully saturated rings. The van der Waals surface area contributed by atoms with Crippen molar-refractivity contribution >= 4 is 8.80 Å². The van der Waals surface area contributed by atoms with Gasteiger partial charge < -0.3 is 18.0 Å². The molecule has 0 aromatic heterocycles. The van der Waals surface area contributed by atoms with Crippen LogP contribution in [0.3, 0.4) is 0 Å². The lowest BCUT2D eigenvalue weighted by molar-refractivity contribution is 0.121. The molecule has 4 nitrogen and oxygen atoms in total. The highest BCUT2D eigenvalue weighted by Gasteiger charge is 2.36. The van der Waals surface area contributed by atoms with Crippen LogP contribution in [0.4, 0.5) is 0 Å². The predicted octanol–water partition coefficient (Wildman–Crippen LogP) is 4.38. The largest absolute Gasteiger partial charge is 0.500 e. The van der Waals surface area contributed by atoms with Crippen LogP contribution in [0.2, 0.25) is 6.04 Å². The van der Waals surface area contributed by atoms with E-state index in [1.54, 1.807) is 21.3 Å². The normalized spacial score (nSPS) is 16.5. The zero-order valence-corrected chi connectivity index (χ0v) is 15.7. The Morgan fingerprint density at radius 1 is 0.913 bits per heavy atom. The molecule has 0 amide bonds. The molecule has 0 unspecified atom stereocenters. The molecule has 0 radical (unpaired) electrons. The van der Waals surface area contributed by atoms with Crippen molar-refractivity contribution in [2.45, 2.75) is 50.5 Å². The molecule has 0 N–H and O–H groups in total. The van der Waals surface area contributed by atoms with Crippen molar-refractivity contribution in [1.29, 1.82) is 0 Å². The van der Waals surface area contributed by atoms with E-state index in [-0.39, 0.29) is 0 Å². The average molecular weight is 339 g/mol. The SMILES string of the molecule is CO[Si](CCCOc1ccc(C2CCCCC2)cc1)(OC)OC. The summed E-state index contributed by atoms with van der Waals surface area (Å²) in [6, 6.07) is 9.40. The topological polar surface area (TPSA) is 36.9 Å². The first-order valence-corrected chi connectivity index (χ1v) is 10.5. The predicted molar refractivity (Wildman–Crippen MR) is 94.0 cm³/mol. The van der Waals surface area contributed by atoms with Crippen LogP contribution in [-0.2, 0) is 13.3 Å². The minimum Gasteiger partial charge on any atom is -0.494 e. The number of hydrogen-bond donors (Lipinski definition) is 0. The molecule has 0 heterocycles. The smallest absolute Gasteiger partial charge is 0.494 e. The van der Waals surface area contributed by atoms with Gasteiger partial charge in [-0.2, -0.15) is 0 Å². The molecule has 1 aliphatic carbocycles. The molecule has 1 aliphatic rings. The van der Waals surface area contributed by atoms with Crippen LogP contribution < -0.4 is 4.74 Å². The van der Waals surface area contributed by atoms with Gasteiger partial charge in [-0.1, -0.05) is 31.4 Å². The fraction of sp³-hybridized carbons (Fsp3) is 0.667. The number of benzene rings is 1. The van der Waals surface area contributed by atoms with Gasteiger partial charge in [0.15, 0.2) is 0 Å². The first-order valence-electron chi connectivity index (χ1n) is 8.61. The van der Waals surface area contributed by atoms with Gasteiger partial charge >= 0.3 is 8.80 Å². The number of hydrogen-bond acceptors (Lipinski definition) is 4. The van der Waals surface area contributed by atoms with Crippen molar-refractivity contribution in [3.63, 3.8) is 0 Å². The second-order valence-corrected chi connectivity index (χ2v) is 9.24. The minimum absolute atomic E-state index is 0.646. The molecule has 23 heavy (non-hydrogen) atoms. The van der Waals surface area contributed by atoms with E-state index in [9.17, 15) is 0 Å². The molecule has 1 saturated carbocycles. The molecular formula is C18H30O4Si. The lowest BCUT2D eigenvalue weighted by atomic mass is 9.84. The van der Waals surface area contributed by atoms with Gasteiger partial charge in [0.05, 0.1) is 6.61 Å². The molecule has 0 spiro atoms. The third-order valence-corrected chi connectivity index (χ3v) is 7.62. The second-order valence-electron chi connectivity index (χ2n) is 6.15. The minimum atomic E-state index is -2.47. The Morgan fingerprint density at radius 3 is 2.09 bits per heavy atom. The molecule has 0 atom stereocenters. The van der Waals surface area contributed by atoms with Crippen LogP contribution >= 0.6 is 0 Å². The highest BCUT2D eigenvalue weighted by molar-refractivity contribution is 6.60. The zero-order valence-electron chi connectivity index (χ0n) is 14.7. The fourth-order valence-electron chi connectivity index (χ4n) is 3.31. The monoisotopic (exact) mass is 338 g/mol. The van der Waals surface area contributed by atoms with E-state index < -0.39 is 8.80 Å². The van der Waals surface area contributed by atoms with Crippen LogP contribution in [0.1, 0.15) is 50.0 Å². The summed E-state index contributed by atoms with van der Waals surface area (Å²) in [6.45, 7) is 0.646. The number of rotatable bonds is 9. The molecule has 130 valence electrons. The zero-order chi connectivity index (χ0) is 16.5. The van der Waals surface area contributed by atoms with Crippen molar-refractivity contribution in [1.82, 2.24) is 0 Å². The van der Waals surface area contributed by atoms with Crippen LogP contribution in [0.25, 0.3) is 0 Å². The maximum Gasteiger partial charge on any atom is 0.500 e. The Balaban J connectivity index is 1.75. The van der Waals surface area contributed by atoms with Crippen molar-refractivity contribution in [3.05, 3.63) is 29.8 Å². The lowest BCUT2D eigenvalue weighted by Crippen LogP contribution is -2.42. The van der Waals surface area contributed by atoms with E-state index in [0.717, 1.165) is 24.1 Å². The Labute approximate surface area is 141 Å². The van der Waals surface area contributed by atoms with Gasteiger partial charge in [-0.05, 0) is 42.9 Å². The quantitative estimate of drug-likeness (QED) is 0.494. The summed E-state index contributed by atoms with van der Waals surface area (Å²) >= 11 is 0. The van der Waals surface area contributed by atoms with Gasteiger partial charge in [0.2, 0.25) is 0 Å². The van der Waals surface area contributed by atoms with Crippen LogP contribution in [-0.4, -0.2) is 36.7 Å². The molecule has 0 saturated heterocycles. The van der Waals surface area contributed by atoms with E-state index in [0.29, 0.717) is 6.61 Å². The van der Waals surface area contributed by atoms with E-state index in [2.05, 4.69) is 24.3 Å². The standard InChI is InChI=1S/C18H30O4Si/c1-19-23(20-2,21-3)15-7-14-22-18-12-10-17(11-13-18)16-8-5-4-6-9-16/h10-13,16H,4-9,14-15H2,1-3H3. The van der Waals surface area contributed by atoms with Crippen LogP contribution in [0, 0.1) is 0 Å². The summed E-state index contributed by atoms with van der Waals surface area (Å²) in [6.07, 6.45) is 7.65. The molecule has 1 aromatic rings. The summed E-state index contributed by atoms with van der Waals surface area (Å²) in [7, 11) is 2.46. The average Bonchev–Trinajstić information content (AvgIpc) is 2.64. The molecule has 5 heteroatoms. The third kappa shape index (κ3) is 5.31. The van der Waals surface area contributed by atoms with E-state index in [4.69, 9.17) is 18.0 Å². The summed E-state index contributed by atoms with van der Waals surface area (Å²) in [5.74, 6) is 1.68. The Kier molecular flexibility index (Phi) is 7.56. The van der Waals surface area contributed by atoms with E-state index >= 15 is 0 Å². The molecular weight excluding hydrogens is 308 g/mol. The van der Waals surface area contributed by atoms with Gasteiger partial charge in [-0.15, -0.1) is 0 Å². The molecule has 1 aromatic carbocycles. The van der Waals surface area contributed by atoms with Gasteiger partial charge in [-0.25, -0.2) is 0 Å². The van der Waals surface area contributed by atoms with Crippen molar-refractivity contribution in [2.75, 3.05) is 27.9 Å². The molecule has 2 rings (SSSR count). The summed E-state index contributed by atoms with van der Waals surface area (Å²) in [5, 5.41) is 0. The highest BCUT2D eigenvalue weighted by Crippen LogP contribution is 2.33. The summed E-state index contributed by atoms with van der Waals surface area (Å²) < 4.78 is 22.1. The highest BCUT2D eigenvalue weighted by atomic mass is 28.4. The molecule has 0 aliphatic heterocycles. The fourth-order valence-corrected chi connectivity index (χ4v) is 5.00. The van der Waals surface area contributed by atoms with Crippen molar-refractivity contribution in [3.8, 4) is 5.75 Å². The van der Waals surface area contributed by atoms with Crippen LogP contribution in [0.15, 0.2) is 24.3 Å². The van der Waals surface area contributed by atoms with Crippen molar-refractivity contribution < 1.29 is 18.0 Å². The van der Waals surface area contributed by atoms with E-state index in [1.807, 2.05) is 0 Å². The van der Waals surface area contributed by atoms with Crippen molar-refractivity contribution in [2.24, 2.45) is 0 Å².